The Balaban J connectivity index is 1.98. The van der Waals surface area contributed by atoms with E-state index < -0.39 is 0 Å². The monoisotopic (exact) mass is 211 g/mol. The van der Waals surface area contributed by atoms with Crippen LogP contribution in [0.25, 0.3) is 10.9 Å². The molecular weight excluding hydrogens is 198 g/mol. The third kappa shape index (κ3) is 1.41. The fraction of sp³-hybridized carbons (Fsp3) is 0.286. The van der Waals surface area contributed by atoms with E-state index in [1.807, 2.05) is 18.3 Å². The van der Waals surface area contributed by atoms with Crippen molar-refractivity contribution in [3.8, 4) is 12.3 Å². The normalized spacial score (nSPS) is 24.7. The molecule has 3 rings (SSSR count). The molecule has 1 aliphatic rings. The molecule has 0 aliphatic carbocycles. The summed E-state index contributed by atoms with van der Waals surface area (Å²) in [5.41, 5.74) is 2.39. The van der Waals surface area contributed by atoms with Crippen LogP contribution in [0.5, 0.6) is 0 Å². The van der Waals surface area contributed by atoms with E-state index in [-0.39, 0.29) is 12.2 Å². The van der Waals surface area contributed by atoms with Gasteiger partial charge in [-0.25, -0.2) is 0 Å². The smallest absolute Gasteiger partial charge is 0.118 e. The number of terminal acetylenes is 1. The quantitative estimate of drug-likeness (QED) is 0.720. The summed E-state index contributed by atoms with van der Waals surface area (Å²) >= 11 is 0. The molecule has 1 saturated heterocycles. The molecule has 2 atom stereocenters. The Kier molecular flexibility index (Phi) is 2.19. The van der Waals surface area contributed by atoms with Crippen LogP contribution in [0, 0.1) is 12.3 Å². The number of H-pyrrole nitrogens is 1. The molecule has 2 nitrogen and oxygen atoms in total. The van der Waals surface area contributed by atoms with Crippen LogP contribution in [-0.4, -0.2) is 11.1 Å². The predicted molar refractivity (Wildman–Crippen MR) is 64.0 cm³/mol. The van der Waals surface area contributed by atoms with Gasteiger partial charge in [0.05, 0.1) is 6.10 Å². The maximum Gasteiger partial charge on any atom is 0.118 e. The highest BCUT2D eigenvalue weighted by atomic mass is 16.5. The number of hydrogen-bond donors (Lipinski definition) is 1. The third-order valence-electron chi connectivity index (χ3n) is 3.17. The number of rotatable bonds is 1. The van der Waals surface area contributed by atoms with E-state index in [1.54, 1.807) is 0 Å². The standard InChI is InChI=1S/C14H13NO/c1-2-10-7-8-14(16-10)12-9-15-13-6-4-3-5-11(12)13/h1,3-6,9-10,14-15H,7-8H2. The number of benzene rings is 1. The minimum atomic E-state index is -0.0151. The molecule has 0 bridgehead atoms. The van der Waals surface area contributed by atoms with E-state index in [9.17, 15) is 0 Å². The van der Waals surface area contributed by atoms with Crippen molar-refractivity contribution in [3.05, 3.63) is 36.0 Å². The highest BCUT2D eigenvalue weighted by molar-refractivity contribution is 5.83. The molecule has 1 aliphatic heterocycles. The van der Waals surface area contributed by atoms with Crippen LogP contribution in [0.2, 0.25) is 0 Å². The van der Waals surface area contributed by atoms with Gasteiger partial charge in [-0.15, -0.1) is 6.42 Å². The molecule has 80 valence electrons. The van der Waals surface area contributed by atoms with Gasteiger partial charge in [-0.1, -0.05) is 24.1 Å². The molecule has 2 aromatic rings. The SMILES string of the molecule is C#CC1CCC(c2c[nH]c3ccccc23)O1. The Morgan fingerprint density at radius 2 is 2.19 bits per heavy atom. The molecule has 1 N–H and O–H groups in total. The van der Waals surface area contributed by atoms with Crippen LogP contribution in [0.3, 0.4) is 0 Å². The summed E-state index contributed by atoms with van der Waals surface area (Å²) in [4.78, 5) is 3.27. The first-order valence-electron chi connectivity index (χ1n) is 5.56. The minimum Gasteiger partial charge on any atom is -0.361 e. The maximum absolute atomic E-state index is 5.81. The van der Waals surface area contributed by atoms with Gasteiger partial charge in [0, 0.05) is 22.7 Å². The number of nitrogens with one attached hydrogen (secondary N) is 1. The molecule has 0 amide bonds. The molecule has 2 heterocycles. The number of aromatic amines is 1. The van der Waals surface area contributed by atoms with E-state index in [0.29, 0.717) is 0 Å². The first-order chi connectivity index (χ1) is 7.88. The maximum atomic E-state index is 5.81. The summed E-state index contributed by atoms with van der Waals surface area (Å²) < 4.78 is 5.81. The molecule has 0 saturated carbocycles. The highest BCUT2D eigenvalue weighted by Crippen LogP contribution is 2.35. The van der Waals surface area contributed by atoms with E-state index in [1.165, 1.54) is 10.9 Å². The highest BCUT2D eigenvalue weighted by Gasteiger charge is 2.26. The first kappa shape index (κ1) is 9.50. The summed E-state index contributed by atoms with van der Waals surface area (Å²) in [5.74, 6) is 2.67. The summed E-state index contributed by atoms with van der Waals surface area (Å²) in [7, 11) is 0. The van der Waals surface area contributed by atoms with Crippen LogP contribution in [0.15, 0.2) is 30.5 Å². The van der Waals surface area contributed by atoms with E-state index >= 15 is 0 Å². The second-order valence-electron chi connectivity index (χ2n) is 4.15. The zero-order valence-electron chi connectivity index (χ0n) is 8.94. The fourth-order valence-electron chi connectivity index (χ4n) is 2.35. The van der Waals surface area contributed by atoms with Gasteiger partial charge in [0.15, 0.2) is 0 Å². The lowest BCUT2D eigenvalue weighted by Gasteiger charge is -2.09. The van der Waals surface area contributed by atoms with Gasteiger partial charge in [-0.2, -0.15) is 0 Å². The van der Waals surface area contributed by atoms with Crippen LogP contribution < -0.4 is 0 Å². The predicted octanol–water partition coefficient (Wildman–Crippen LogP) is 3.02. The Hall–Kier alpha value is -1.72. The van der Waals surface area contributed by atoms with Gasteiger partial charge in [-0.05, 0) is 18.9 Å². The van der Waals surface area contributed by atoms with Crippen molar-refractivity contribution in [1.29, 1.82) is 0 Å². The largest absolute Gasteiger partial charge is 0.361 e. The van der Waals surface area contributed by atoms with Crippen molar-refractivity contribution in [1.82, 2.24) is 4.98 Å². The van der Waals surface area contributed by atoms with E-state index in [4.69, 9.17) is 11.2 Å². The molecule has 1 fully saturated rings. The van der Waals surface area contributed by atoms with Crippen molar-refractivity contribution in [3.63, 3.8) is 0 Å². The topological polar surface area (TPSA) is 25.0 Å². The average molecular weight is 211 g/mol. The van der Waals surface area contributed by atoms with Crippen molar-refractivity contribution < 1.29 is 4.74 Å². The van der Waals surface area contributed by atoms with Crippen LogP contribution in [0.4, 0.5) is 0 Å². The summed E-state index contributed by atoms with van der Waals surface area (Å²) in [5, 5.41) is 1.24. The van der Waals surface area contributed by atoms with E-state index in [0.717, 1.165) is 18.4 Å². The van der Waals surface area contributed by atoms with E-state index in [2.05, 4.69) is 23.0 Å². The Morgan fingerprint density at radius 1 is 1.31 bits per heavy atom. The van der Waals surface area contributed by atoms with Crippen molar-refractivity contribution in [2.45, 2.75) is 25.0 Å². The summed E-state index contributed by atoms with van der Waals surface area (Å²) in [6.45, 7) is 0. The summed E-state index contributed by atoms with van der Waals surface area (Å²) in [6, 6.07) is 8.27. The van der Waals surface area contributed by atoms with Gasteiger partial charge in [0.25, 0.3) is 0 Å². The Morgan fingerprint density at radius 3 is 3.00 bits per heavy atom. The number of aromatic nitrogens is 1. The second kappa shape index (κ2) is 3.70. The summed E-state index contributed by atoms with van der Waals surface area (Å²) in [6.07, 6.45) is 9.52. The lowest BCUT2D eigenvalue weighted by atomic mass is 10.1. The van der Waals surface area contributed by atoms with Crippen molar-refractivity contribution in [2.24, 2.45) is 0 Å². The first-order valence-corrected chi connectivity index (χ1v) is 5.56. The molecule has 16 heavy (non-hydrogen) atoms. The van der Waals surface area contributed by atoms with Gasteiger partial charge in [0.2, 0.25) is 0 Å². The van der Waals surface area contributed by atoms with Crippen LogP contribution >= 0.6 is 0 Å². The molecule has 2 unspecified atom stereocenters. The number of fused-ring (bicyclic) bond motifs is 1. The zero-order valence-corrected chi connectivity index (χ0v) is 8.94. The van der Waals surface area contributed by atoms with Crippen LogP contribution in [0.1, 0.15) is 24.5 Å². The molecule has 0 spiro atoms. The molecule has 1 aromatic carbocycles. The van der Waals surface area contributed by atoms with Crippen molar-refractivity contribution >= 4 is 10.9 Å². The third-order valence-corrected chi connectivity index (χ3v) is 3.17. The molecule has 0 radical (unpaired) electrons. The fourth-order valence-corrected chi connectivity index (χ4v) is 2.35. The van der Waals surface area contributed by atoms with Gasteiger partial charge >= 0.3 is 0 Å². The Labute approximate surface area is 94.6 Å². The number of para-hydroxylation sites is 1. The lowest BCUT2D eigenvalue weighted by molar-refractivity contribution is 0.0771. The Bertz CT molecular complexity index is 549. The van der Waals surface area contributed by atoms with Crippen LogP contribution in [-0.2, 0) is 4.74 Å². The average Bonchev–Trinajstić information content (AvgIpc) is 2.94. The van der Waals surface area contributed by atoms with Gasteiger partial charge in [0.1, 0.15) is 6.10 Å². The molecule has 2 heteroatoms. The second-order valence-corrected chi connectivity index (χ2v) is 4.15. The number of hydrogen-bond acceptors (Lipinski definition) is 1. The molecule has 1 aromatic heterocycles. The van der Waals surface area contributed by atoms with Gasteiger partial charge < -0.3 is 9.72 Å². The zero-order chi connectivity index (χ0) is 11.0. The minimum absolute atomic E-state index is 0.0151. The van der Waals surface area contributed by atoms with Crippen molar-refractivity contribution in [2.75, 3.05) is 0 Å². The lowest BCUT2D eigenvalue weighted by Crippen LogP contribution is -2.02. The number of ether oxygens (including phenoxy) is 1. The molecular formula is C14H13NO. The van der Waals surface area contributed by atoms with Gasteiger partial charge in [-0.3, -0.25) is 0 Å².